The van der Waals surface area contributed by atoms with Crippen LogP contribution in [0.5, 0.6) is 11.5 Å². The van der Waals surface area contributed by atoms with Gasteiger partial charge < -0.3 is 20.1 Å². The van der Waals surface area contributed by atoms with Gasteiger partial charge in [-0.05, 0) is 36.8 Å². The van der Waals surface area contributed by atoms with Crippen molar-refractivity contribution in [2.45, 2.75) is 19.0 Å². The number of hydrogen-bond acceptors (Lipinski definition) is 6. The van der Waals surface area contributed by atoms with Crippen molar-refractivity contribution < 1.29 is 14.3 Å². The number of nitrogens with one attached hydrogen (secondary N) is 2. The Bertz CT molecular complexity index is 784. The third-order valence-electron chi connectivity index (χ3n) is 5.05. The standard InChI is InChI=1S/C21H28N4O3/c1-15(18-11-17(27-2)6-7-20(18)28-3)24-21(26)14-25-10-9-23-13-19(25)16-5-4-8-22-12-16/h4-8,11-12,15,19,23H,9-10,13-14H2,1-3H3,(H,24,26). The molecule has 3 rings (SSSR count). The van der Waals surface area contributed by atoms with Crippen molar-refractivity contribution in [1.82, 2.24) is 20.5 Å². The third-order valence-corrected chi connectivity index (χ3v) is 5.05. The van der Waals surface area contributed by atoms with Gasteiger partial charge in [0.1, 0.15) is 11.5 Å². The van der Waals surface area contributed by atoms with Crippen LogP contribution in [0.15, 0.2) is 42.7 Å². The van der Waals surface area contributed by atoms with Crippen LogP contribution in [0.25, 0.3) is 0 Å². The summed E-state index contributed by atoms with van der Waals surface area (Å²) < 4.78 is 10.7. The van der Waals surface area contributed by atoms with E-state index in [0.717, 1.165) is 42.3 Å². The maximum absolute atomic E-state index is 12.8. The molecule has 150 valence electrons. The number of nitrogens with zero attached hydrogens (tertiary/aromatic N) is 2. The van der Waals surface area contributed by atoms with E-state index >= 15 is 0 Å². The molecule has 0 radical (unpaired) electrons. The highest BCUT2D eigenvalue weighted by Crippen LogP contribution is 2.29. The lowest BCUT2D eigenvalue weighted by molar-refractivity contribution is -0.123. The van der Waals surface area contributed by atoms with Crippen LogP contribution in [0.2, 0.25) is 0 Å². The highest BCUT2D eigenvalue weighted by atomic mass is 16.5. The van der Waals surface area contributed by atoms with Crippen molar-refractivity contribution in [2.75, 3.05) is 40.4 Å². The largest absolute Gasteiger partial charge is 0.497 e. The molecule has 2 N–H and O–H groups in total. The zero-order valence-corrected chi connectivity index (χ0v) is 16.6. The number of rotatable bonds is 7. The lowest BCUT2D eigenvalue weighted by atomic mass is 10.0. The average Bonchev–Trinajstić information content (AvgIpc) is 2.74. The molecule has 2 unspecified atom stereocenters. The van der Waals surface area contributed by atoms with Gasteiger partial charge in [0.15, 0.2) is 0 Å². The minimum Gasteiger partial charge on any atom is -0.497 e. The molecule has 1 aromatic carbocycles. The first kappa shape index (κ1) is 20.1. The summed E-state index contributed by atoms with van der Waals surface area (Å²) in [6.07, 6.45) is 3.63. The Labute approximate surface area is 166 Å². The van der Waals surface area contributed by atoms with Crippen LogP contribution in [0.1, 0.15) is 30.1 Å². The summed E-state index contributed by atoms with van der Waals surface area (Å²) in [6, 6.07) is 9.51. The number of carbonyl (C=O) groups is 1. The highest BCUT2D eigenvalue weighted by molar-refractivity contribution is 5.78. The monoisotopic (exact) mass is 384 g/mol. The molecule has 1 aromatic heterocycles. The molecule has 2 heterocycles. The zero-order valence-electron chi connectivity index (χ0n) is 16.6. The lowest BCUT2D eigenvalue weighted by Crippen LogP contribution is -2.49. The summed E-state index contributed by atoms with van der Waals surface area (Å²) in [5.41, 5.74) is 2.00. The molecule has 28 heavy (non-hydrogen) atoms. The van der Waals surface area contributed by atoms with Crippen LogP contribution in [0.3, 0.4) is 0 Å². The van der Waals surface area contributed by atoms with E-state index in [1.54, 1.807) is 20.4 Å². The number of aromatic nitrogens is 1. The number of benzene rings is 1. The first-order chi connectivity index (χ1) is 13.6. The van der Waals surface area contributed by atoms with Crippen molar-refractivity contribution in [1.29, 1.82) is 0 Å². The van der Waals surface area contributed by atoms with Gasteiger partial charge in [0.05, 0.1) is 26.8 Å². The molecule has 0 saturated carbocycles. The number of hydrogen-bond donors (Lipinski definition) is 2. The molecular weight excluding hydrogens is 356 g/mol. The maximum Gasteiger partial charge on any atom is 0.234 e. The van der Waals surface area contributed by atoms with Gasteiger partial charge in [-0.1, -0.05) is 6.07 Å². The smallest absolute Gasteiger partial charge is 0.234 e. The molecule has 1 amide bonds. The van der Waals surface area contributed by atoms with Crippen LogP contribution < -0.4 is 20.1 Å². The molecule has 2 aromatic rings. The number of carbonyl (C=O) groups excluding carboxylic acids is 1. The quantitative estimate of drug-likeness (QED) is 0.760. The second-order valence-electron chi connectivity index (χ2n) is 6.87. The number of amides is 1. The fourth-order valence-electron chi connectivity index (χ4n) is 3.56. The van der Waals surface area contributed by atoms with Gasteiger partial charge in [0.25, 0.3) is 0 Å². The van der Waals surface area contributed by atoms with Gasteiger partial charge in [0, 0.05) is 43.6 Å². The van der Waals surface area contributed by atoms with Gasteiger partial charge in [-0.15, -0.1) is 0 Å². The van der Waals surface area contributed by atoms with Crippen LogP contribution in [0, 0.1) is 0 Å². The third kappa shape index (κ3) is 4.79. The van der Waals surface area contributed by atoms with Crippen LogP contribution in [-0.4, -0.2) is 56.2 Å². The van der Waals surface area contributed by atoms with Crippen LogP contribution >= 0.6 is 0 Å². The highest BCUT2D eigenvalue weighted by Gasteiger charge is 2.26. The molecule has 0 spiro atoms. The van der Waals surface area contributed by atoms with Gasteiger partial charge >= 0.3 is 0 Å². The van der Waals surface area contributed by atoms with Gasteiger partial charge in [-0.3, -0.25) is 14.7 Å². The molecule has 2 atom stereocenters. The molecule has 0 aliphatic carbocycles. The van der Waals surface area contributed by atoms with Gasteiger partial charge in [-0.25, -0.2) is 0 Å². The Kier molecular flexibility index (Phi) is 6.84. The maximum atomic E-state index is 12.8. The van der Waals surface area contributed by atoms with E-state index in [9.17, 15) is 4.79 Å². The minimum atomic E-state index is -0.197. The molecular formula is C21H28N4O3. The number of pyridine rings is 1. The van der Waals surface area contributed by atoms with Crippen LogP contribution in [0.4, 0.5) is 0 Å². The molecule has 1 aliphatic heterocycles. The van der Waals surface area contributed by atoms with Crippen molar-refractivity contribution in [3.8, 4) is 11.5 Å². The Balaban J connectivity index is 1.67. The summed E-state index contributed by atoms with van der Waals surface area (Å²) >= 11 is 0. The topological polar surface area (TPSA) is 75.7 Å². The van der Waals surface area contributed by atoms with E-state index in [4.69, 9.17) is 9.47 Å². The molecule has 1 fully saturated rings. The van der Waals surface area contributed by atoms with Gasteiger partial charge in [-0.2, -0.15) is 0 Å². The van der Waals surface area contributed by atoms with E-state index in [1.165, 1.54) is 0 Å². The van der Waals surface area contributed by atoms with E-state index in [-0.39, 0.29) is 18.0 Å². The van der Waals surface area contributed by atoms with Gasteiger partial charge in [0.2, 0.25) is 5.91 Å². The predicted molar refractivity (Wildman–Crippen MR) is 108 cm³/mol. The number of ether oxygens (including phenoxy) is 2. The molecule has 7 nitrogen and oxygen atoms in total. The fourth-order valence-corrected chi connectivity index (χ4v) is 3.56. The summed E-state index contributed by atoms with van der Waals surface area (Å²) in [6.45, 7) is 4.76. The summed E-state index contributed by atoms with van der Waals surface area (Å²) in [7, 11) is 3.25. The minimum absolute atomic E-state index is 0.0202. The normalized spacial score (nSPS) is 18.3. The summed E-state index contributed by atoms with van der Waals surface area (Å²) in [5, 5.41) is 6.49. The van der Waals surface area contributed by atoms with Crippen molar-refractivity contribution in [2.24, 2.45) is 0 Å². The lowest BCUT2D eigenvalue weighted by Gasteiger charge is -2.36. The zero-order chi connectivity index (χ0) is 19.9. The second-order valence-corrected chi connectivity index (χ2v) is 6.87. The average molecular weight is 384 g/mol. The second kappa shape index (κ2) is 9.52. The Morgan fingerprint density at radius 3 is 2.93 bits per heavy atom. The first-order valence-electron chi connectivity index (χ1n) is 9.48. The Morgan fingerprint density at radius 2 is 2.21 bits per heavy atom. The van der Waals surface area contributed by atoms with Crippen LogP contribution in [-0.2, 0) is 4.79 Å². The summed E-state index contributed by atoms with van der Waals surface area (Å²) in [5.74, 6) is 1.44. The Morgan fingerprint density at radius 1 is 1.36 bits per heavy atom. The molecule has 7 heteroatoms. The van der Waals surface area contributed by atoms with E-state index < -0.39 is 0 Å². The first-order valence-corrected chi connectivity index (χ1v) is 9.48. The van der Waals surface area contributed by atoms with Crippen molar-refractivity contribution in [3.63, 3.8) is 0 Å². The Hall–Kier alpha value is -2.64. The molecule has 0 bridgehead atoms. The van der Waals surface area contributed by atoms with E-state index in [1.807, 2.05) is 37.4 Å². The van der Waals surface area contributed by atoms with Crippen molar-refractivity contribution in [3.05, 3.63) is 53.9 Å². The number of piperazine rings is 1. The van der Waals surface area contributed by atoms with E-state index in [0.29, 0.717) is 6.54 Å². The van der Waals surface area contributed by atoms with E-state index in [2.05, 4.69) is 26.6 Å². The predicted octanol–water partition coefficient (Wildman–Crippen LogP) is 1.92. The molecule has 1 saturated heterocycles. The number of methoxy groups -OCH3 is 2. The fraction of sp³-hybridized carbons (Fsp3) is 0.429. The molecule has 1 aliphatic rings. The summed E-state index contributed by atoms with van der Waals surface area (Å²) in [4.78, 5) is 19.2. The SMILES string of the molecule is COc1ccc(OC)c(C(C)NC(=O)CN2CCNCC2c2cccnc2)c1. The van der Waals surface area contributed by atoms with Crippen molar-refractivity contribution >= 4 is 5.91 Å².